The van der Waals surface area contributed by atoms with E-state index in [2.05, 4.69) is 9.57 Å². The zero-order chi connectivity index (χ0) is 12.3. The van der Waals surface area contributed by atoms with Gasteiger partial charge in [0.15, 0.2) is 0 Å². The Bertz CT molecular complexity index is 251. The van der Waals surface area contributed by atoms with Gasteiger partial charge in [0, 0.05) is 13.0 Å². The minimum atomic E-state index is -4.31. The zero-order valence-corrected chi connectivity index (χ0v) is 9.08. The van der Waals surface area contributed by atoms with Crippen molar-refractivity contribution in [2.24, 2.45) is 5.92 Å². The largest absolute Gasteiger partial charge is 0.411 e. The number of hydroxylamine groups is 2. The average molecular weight is 241 g/mol. The molecule has 1 rings (SSSR count). The number of hydrogen-bond acceptors (Lipinski definition) is 3. The van der Waals surface area contributed by atoms with Gasteiger partial charge in [-0.3, -0.25) is 9.63 Å². The summed E-state index contributed by atoms with van der Waals surface area (Å²) < 4.78 is 40.0. The monoisotopic (exact) mass is 241 g/mol. The molecule has 0 unspecified atom stereocenters. The number of halogens is 3. The number of carbonyl (C=O) groups excluding carboxylic acids is 1. The average Bonchev–Trinajstić information content (AvgIpc) is 2.11. The van der Waals surface area contributed by atoms with E-state index in [9.17, 15) is 18.0 Å². The minimum absolute atomic E-state index is 0.227. The van der Waals surface area contributed by atoms with E-state index >= 15 is 0 Å². The lowest BCUT2D eigenvalue weighted by Crippen LogP contribution is -2.43. The SMILES string of the molecule is CON(C)C(=O)C1CC(OCC(F)(F)F)C1. The summed E-state index contributed by atoms with van der Waals surface area (Å²) in [4.78, 5) is 16.1. The fourth-order valence-electron chi connectivity index (χ4n) is 1.46. The third kappa shape index (κ3) is 3.64. The highest BCUT2D eigenvalue weighted by atomic mass is 19.4. The third-order valence-electron chi connectivity index (χ3n) is 2.51. The molecule has 0 radical (unpaired) electrons. The van der Waals surface area contributed by atoms with Crippen molar-refractivity contribution in [3.63, 3.8) is 0 Å². The van der Waals surface area contributed by atoms with E-state index < -0.39 is 18.9 Å². The highest BCUT2D eigenvalue weighted by molar-refractivity contribution is 5.78. The Kier molecular flexibility index (Phi) is 4.15. The lowest BCUT2D eigenvalue weighted by atomic mass is 9.81. The second kappa shape index (κ2) is 5.01. The molecule has 1 aliphatic carbocycles. The predicted octanol–water partition coefficient (Wildman–Crippen LogP) is 1.36. The highest BCUT2D eigenvalue weighted by Crippen LogP contribution is 2.32. The Balaban J connectivity index is 2.20. The van der Waals surface area contributed by atoms with Gasteiger partial charge in [-0.25, -0.2) is 5.06 Å². The zero-order valence-electron chi connectivity index (χ0n) is 9.08. The van der Waals surface area contributed by atoms with Crippen LogP contribution in [-0.2, 0) is 14.4 Å². The molecule has 7 heteroatoms. The molecular formula is C9H14F3NO3. The standard InChI is InChI=1S/C9H14F3NO3/c1-13(15-2)8(14)6-3-7(4-6)16-5-9(10,11)12/h6-7H,3-5H2,1-2H3. The van der Waals surface area contributed by atoms with Crippen molar-refractivity contribution >= 4 is 5.91 Å². The number of carbonyl (C=O) groups is 1. The Morgan fingerprint density at radius 1 is 1.44 bits per heavy atom. The molecular weight excluding hydrogens is 227 g/mol. The lowest BCUT2D eigenvalue weighted by molar-refractivity contribution is -0.204. The summed E-state index contributed by atoms with van der Waals surface area (Å²) in [5.41, 5.74) is 0. The molecule has 0 aromatic carbocycles. The van der Waals surface area contributed by atoms with Gasteiger partial charge in [0.25, 0.3) is 0 Å². The molecule has 0 N–H and O–H groups in total. The first-order valence-electron chi connectivity index (χ1n) is 4.83. The van der Waals surface area contributed by atoms with Crippen molar-refractivity contribution in [2.75, 3.05) is 20.8 Å². The van der Waals surface area contributed by atoms with Crippen LogP contribution in [0.4, 0.5) is 13.2 Å². The van der Waals surface area contributed by atoms with E-state index in [4.69, 9.17) is 0 Å². The van der Waals surface area contributed by atoms with Crippen LogP contribution in [0.15, 0.2) is 0 Å². The number of hydrogen-bond donors (Lipinski definition) is 0. The Morgan fingerprint density at radius 3 is 2.44 bits per heavy atom. The first-order chi connectivity index (χ1) is 7.33. The fourth-order valence-corrected chi connectivity index (χ4v) is 1.46. The molecule has 1 fully saturated rings. The summed E-state index contributed by atoms with van der Waals surface area (Å²) in [6.45, 7) is -1.25. The van der Waals surface area contributed by atoms with Crippen LogP contribution in [0.2, 0.25) is 0 Å². The molecule has 1 aliphatic rings. The maximum atomic E-state index is 11.8. The van der Waals surface area contributed by atoms with Crippen LogP contribution in [-0.4, -0.2) is 44.0 Å². The Labute approximate surface area is 91.3 Å². The molecule has 1 saturated carbocycles. The molecule has 0 bridgehead atoms. The van der Waals surface area contributed by atoms with E-state index in [0.29, 0.717) is 12.8 Å². The molecule has 94 valence electrons. The van der Waals surface area contributed by atoms with Gasteiger partial charge in [0.05, 0.1) is 13.2 Å². The van der Waals surface area contributed by atoms with Crippen LogP contribution in [0.1, 0.15) is 12.8 Å². The van der Waals surface area contributed by atoms with Gasteiger partial charge in [0.2, 0.25) is 5.91 Å². The molecule has 0 aliphatic heterocycles. The number of rotatable bonds is 4. The van der Waals surface area contributed by atoms with Gasteiger partial charge >= 0.3 is 6.18 Å². The van der Waals surface area contributed by atoms with E-state index in [-0.39, 0.29) is 11.8 Å². The number of amides is 1. The summed E-state index contributed by atoms with van der Waals surface area (Å²) in [6.07, 6.45) is -4.13. The maximum Gasteiger partial charge on any atom is 0.411 e. The number of alkyl halides is 3. The van der Waals surface area contributed by atoms with E-state index in [1.165, 1.54) is 14.2 Å². The molecule has 0 spiro atoms. The summed E-state index contributed by atoms with van der Waals surface area (Å²) in [5.74, 6) is -0.516. The normalized spacial score (nSPS) is 25.1. The molecule has 0 heterocycles. The Hall–Kier alpha value is -0.820. The van der Waals surface area contributed by atoms with E-state index in [1.54, 1.807) is 0 Å². The molecule has 4 nitrogen and oxygen atoms in total. The fraction of sp³-hybridized carbons (Fsp3) is 0.889. The first kappa shape index (κ1) is 13.2. The molecule has 0 atom stereocenters. The van der Waals surface area contributed by atoms with Crippen LogP contribution in [0.25, 0.3) is 0 Å². The van der Waals surface area contributed by atoms with Gasteiger partial charge in [-0.2, -0.15) is 13.2 Å². The van der Waals surface area contributed by atoms with Crippen molar-refractivity contribution < 1.29 is 27.5 Å². The second-order valence-corrected chi connectivity index (χ2v) is 3.73. The quantitative estimate of drug-likeness (QED) is 0.698. The van der Waals surface area contributed by atoms with Crippen LogP contribution < -0.4 is 0 Å². The van der Waals surface area contributed by atoms with Crippen molar-refractivity contribution in [3.8, 4) is 0 Å². The smallest absolute Gasteiger partial charge is 0.369 e. The summed E-state index contributed by atoms with van der Waals surface area (Å²) in [7, 11) is 2.82. The minimum Gasteiger partial charge on any atom is -0.369 e. The van der Waals surface area contributed by atoms with Crippen LogP contribution in [0, 0.1) is 5.92 Å². The first-order valence-corrected chi connectivity index (χ1v) is 4.83. The number of nitrogens with zero attached hydrogens (tertiary/aromatic N) is 1. The number of ether oxygens (including phenoxy) is 1. The highest BCUT2D eigenvalue weighted by Gasteiger charge is 2.39. The third-order valence-corrected chi connectivity index (χ3v) is 2.51. The van der Waals surface area contributed by atoms with Gasteiger partial charge in [-0.05, 0) is 12.8 Å². The topological polar surface area (TPSA) is 38.8 Å². The summed E-state index contributed by atoms with van der Waals surface area (Å²) in [5, 5.41) is 1.07. The summed E-state index contributed by atoms with van der Waals surface area (Å²) in [6, 6.07) is 0. The Morgan fingerprint density at radius 2 is 2.00 bits per heavy atom. The maximum absolute atomic E-state index is 11.8. The predicted molar refractivity (Wildman–Crippen MR) is 48.3 cm³/mol. The van der Waals surface area contributed by atoms with Gasteiger partial charge in [0.1, 0.15) is 6.61 Å². The van der Waals surface area contributed by atoms with E-state index in [0.717, 1.165) is 5.06 Å². The van der Waals surface area contributed by atoms with Crippen LogP contribution in [0.5, 0.6) is 0 Å². The lowest BCUT2D eigenvalue weighted by Gasteiger charge is -2.35. The van der Waals surface area contributed by atoms with Crippen molar-refractivity contribution in [2.45, 2.75) is 25.1 Å². The van der Waals surface area contributed by atoms with Crippen molar-refractivity contribution in [1.82, 2.24) is 5.06 Å². The van der Waals surface area contributed by atoms with Crippen LogP contribution in [0.3, 0.4) is 0 Å². The second-order valence-electron chi connectivity index (χ2n) is 3.73. The molecule has 0 aromatic heterocycles. The van der Waals surface area contributed by atoms with Gasteiger partial charge < -0.3 is 4.74 Å². The molecule has 1 amide bonds. The molecule has 0 aromatic rings. The van der Waals surface area contributed by atoms with Gasteiger partial charge in [-0.1, -0.05) is 0 Å². The molecule has 16 heavy (non-hydrogen) atoms. The van der Waals surface area contributed by atoms with Crippen molar-refractivity contribution in [1.29, 1.82) is 0 Å². The van der Waals surface area contributed by atoms with Crippen molar-refractivity contribution in [3.05, 3.63) is 0 Å². The summed E-state index contributed by atoms with van der Waals surface area (Å²) >= 11 is 0. The van der Waals surface area contributed by atoms with E-state index in [1.807, 2.05) is 0 Å². The van der Waals surface area contributed by atoms with Gasteiger partial charge in [-0.15, -0.1) is 0 Å². The molecule has 0 saturated heterocycles. The van der Waals surface area contributed by atoms with Crippen LogP contribution >= 0.6 is 0 Å².